The van der Waals surface area contributed by atoms with Gasteiger partial charge in [-0.15, -0.1) is 0 Å². The Morgan fingerprint density at radius 1 is 1.38 bits per heavy atom. The summed E-state index contributed by atoms with van der Waals surface area (Å²) in [6.45, 7) is 2.75. The summed E-state index contributed by atoms with van der Waals surface area (Å²) in [6.07, 6.45) is 0. The number of nitrogens with two attached hydrogens (primary N) is 1. The molecule has 0 aliphatic heterocycles. The van der Waals surface area contributed by atoms with Gasteiger partial charge < -0.3 is 10.3 Å². The maximum absolute atomic E-state index is 13.5. The van der Waals surface area contributed by atoms with Crippen molar-refractivity contribution >= 4 is 22.5 Å². The molecule has 2 nitrogen and oxygen atoms in total. The topological polar surface area (TPSA) is 30.9 Å². The van der Waals surface area contributed by atoms with E-state index >= 15 is 0 Å². The van der Waals surface area contributed by atoms with Crippen LogP contribution in [0.5, 0.6) is 0 Å². The van der Waals surface area contributed by atoms with Gasteiger partial charge in [-0.2, -0.15) is 0 Å². The zero-order valence-corrected chi connectivity index (χ0v) is 9.48. The molecule has 0 aliphatic carbocycles. The largest absolute Gasteiger partial charge is 0.342 e. The standard InChI is InChI=1S/C11H11ClF2N2/c1-6-4-7-10(14)9(13)5-8(12)11(7)16(6)3-2-15/h4-5H,2-3,15H2,1H3. The first kappa shape index (κ1) is 11.4. The van der Waals surface area contributed by atoms with Gasteiger partial charge in [-0.3, -0.25) is 0 Å². The summed E-state index contributed by atoms with van der Waals surface area (Å²) in [5.74, 6) is -1.79. The molecule has 1 aromatic heterocycles. The van der Waals surface area contributed by atoms with Gasteiger partial charge in [0.15, 0.2) is 11.6 Å². The fourth-order valence-corrected chi connectivity index (χ4v) is 2.19. The third-order valence-corrected chi connectivity index (χ3v) is 2.87. The summed E-state index contributed by atoms with van der Waals surface area (Å²) in [5.41, 5.74) is 6.78. The number of nitrogens with zero attached hydrogens (tertiary/aromatic N) is 1. The van der Waals surface area contributed by atoms with Crippen LogP contribution in [0.25, 0.3) is 10.9 Å². The number of benzene rings is 1. The molecule has 0 amide bonds. The third-order valence-electron chi connectivity index (χ3n) is 2.58. The smallest absolute Gasteiger partial charge is 0.168 e. The minimum atomic E-state index is -0.928. The number of aromatic nitrogens is 1. The predicted octanol–water partition coefficient (Wildman–Crippen LogP) is 2.84. The van der Waals surface area contributed by atoms with Crippen LogP contribution in [0.3, 0.4) is 0 Å². The molecule has 2 rings (SSSR count). The molecule has 0 unspecified atom stereocenters. The van der Waals surface area contributed by atoms with Crippen molar-refractivity contribution in [2.75, 3.05) is 6.54 Å². The van der Waals surface area contributed by atoms with Crippen molar-refractivity contribution < 1.29 is 8.78 Å². The van der Waals surface area contributed by atoms with E-state index in [-0.39, 0.29) is 10.4 Å². The molecule has 0 bridgehead atoms. The first-order chi connectivity index (χ1) is 7.56. The van der Waals surface area contributed by atoms with E-state index in [1.165, 1.54) is 0 Å². The highest BCUT2D eigenvalue weighted by molar-refractivity contribution is 6.35. The molecule has 5 heteroatoms. The molecule has 1 heterocycles. The Morgan fingerprint density at radius 2 is 2.06 bits per heavy atom. The number of rotatable bonds is 2. The van der Waals surface area contributed by atoms with E-state index in [1.807, 2.05) is 6.92 Å². The van der Waals surface area contributed by atoms with E-state index in [0.717, 1.165) is 11.8 Å². The molecule has 2 aromatic rings. The van der Waals surface area contributed by atoms with Crippen LogP contribution in [0.15, 0.2) is 12.1 Å². The fraction of sp³-hybridized carbons (Fsp3) is 0.273. The second kappa shape index (κ2) is 4.03. The van der Waals surface area contributed by atoms with E-state index in [1.54, 1.807) is 10.6 Å². The number of hydrogen-bond donors (Lipinski definition) is 1. The molecule has 2 N–H and O–H groups in total. The zero-order chi connectivity index (χ0) is 11.9. The third kappa shape index (κ3) is 1.58. The van der Waals surface area contributed by atoms with Crippen molar-refractivity contribution in [3.05, 3.63) is 34.5 Å². The van der Waals surface area contributed by atoms with Gasteiger partial charge in [0.25, 0.3) is 0 Å². The van der Waals surface area contributed by atoms with E-state index in [0.29, 0.717) is 18.6 Å². The minimum Gasteiger partial charge on any atom is -0.342 e. The molecule has 0 radical (unpaired) electrons. The number of hydrogen-bond acceptors (Lipinski definition) is 1. The molecule has 86 valence electrons. The van der Waals surface area contributed by atoms with Crippen LogP contribution in [-0.4, -0.2) is 11.1 Å². The lowest BCUT2D eigenvalue weighted by atomic mass is 10.2. The van der Waals surface area contributed by atoms with Gasteiger partial charge in [-0.25, -0.2) is 8.78 Å². The van der Waals surface area contributed by atoms with E-state index in [2.05, 4.69) is 0 Å². The summed E-state index contributed by atoms with van der Waals surface area (Å²) in [4.78, 5) is 0. The molecule has 0 saturated heterocycles. The van der Waals surface area contributed by atoms with Gasteiger partial charge in [0, 0.05) is 24.2 Å². The highest BCUT2D eigenvalue weighted by atomic mass is 35.5. The molecule has 0 aliphatic rings. The second-order valence-corrected chi connectivity index (χ2v) is 4.05. The molecular formula is C11H11ClF2N2. The lowest BCUT2D eigenvalue weighted by Gasteiger charge is -2.07. The van der Waals surface area contributed by atoms with Crippen molar-refractivity contribution in [3.8, 4) is 0 Å². The Labute approximate surface area is 96.6 Å². The summed E-state index contributed by atoms with van der Waals surface area (Å²) >= 11 is 5.92. The van der Waals surface area contributed by atoms with E-state index in [9.17, 15) is 8.78 Å². The summed E-state index contributed by atoms with van der Waals surface area (Å²) in [6, 6.07) is 2.57. The molecule has 0 spiro atoms. The van der Waals surface area contributed by atoms with Gasteiger partial charge >= 0.3 is 0 Å². The van der Waals surface area contributed by atoms with Crippen LogP contribution in [0, 0.1) is 18.6 Å². The van der Waals surface area contributed by atoms with Crippen LogP contribution in [0.2, 0.25) is 5.02 Å². The SMILES string of the molecule is Cc1cc2c(F)c(F)cc(Cl)c2n1CCN. The lowest BCUT2D eigenvalue weighted by molar-refractivity contribution is 0.517. The molecular weight excluding hydrogens is 234 g/mol. The quantitative estimate of drug-likeness (QED) is 0.810. The lowest BCUT2D eigenvalue weighted by Crippen LogP contribution is -2.10. The second-order valence-electron chi connectivity index (χ2n) is 3.64. The van der Waals surface area contributed by atoms with Crippen molar-refractivity contribution in [1.82, 2.24) is 4.57 Å². The van der Waals surface area contributed by atoms with Gasteiger partial charge in [-0.05, 0) is 19.1 Å². The van der Waals surface area contributed by atoms with Crippen molar-refractivity contribution in [2.24, 2.45) is 5.73 Å². The Balaban J connectivity index is 2.83. The molecule has 0 atom stereocenters. The molecule has 0 saturated carbocycles. The number of fused-ring (bicyclic) bond motifs is 1. The average Bonchev–Trinajstić information content (AvgIpc) is 2.54. The predicted molar refractivity (Wildman–Crippen MR) is 60.7 cm³/mol. The van der Waals surface area contributed by atoms with Gasteiger partial charge in [-0.1, -0.05) is 11.6 Å². The van der Waals surface area contributed by atoms with E-state index < -0.39 is 11.6 Å². The monoisotopic (exact) mass is 244 g/mol. The summed E-state index contributed by atoms with van der Waals surface area (Å²) in [5, 5.41) is 0.409. The molecule has 1 aromatic carbocycles. The van der Waals surface area contributed by atoms with Crippen LogP contribution in [0.4, 0.5) is 8.78 Å². The fourth-order valence-electron chi connectivity index (χ4n) is 1.89. The van der Waals surface area contributed by atoms with Gasteiger partial charge in [0.05, 0.1) is 10.5 Å². The zero-order valence-electron chi connectivity index (χ0n) is 8.73. The van der Waals surface area contributed by atoms with Crippen molar-refractivity contribution in [2.45, 2.75) is 13.5 Å². The number of halogens is 3. The highest BCUT2D eigenvalue weighted by Gasteiger charge is 2.16. The van der Waals surface area contributed by atoms with Crippen LogP contribution in [-0.2, 0) is 6.54 Å². The Morgan fingerprint density at radius 3 is 2.69 bits per heavy atom. The van der Waals surface area contributed by atoms with Crippen LogP contribution < -0.4 is 5.73 Å². The maximum atomic E-state index is 13.5. The summed E-state index contributed by atoms with van der Waals surface area (Å²) in [7, 11) is 0. The van der Waals surface area contributed by atoms with Gasteiger partial charge in [0.2, 0.25) is 0 Å². The van der Waals surface area contributed by atoms with Crippen LogP contribution >= 0.6 is 11.6 Å². The van der Waals surface area contributed by atoms with Gasteiger partial charge in [0.1, 0.15) is 0 Å². The maximum Gasteiger partial charge on any atom is 0.168 e. The average molecular weight is 245 g/mol. The Kier molecular flexibility index (Phi) is 2.86. The first-order valence-corrected chi connectivity index (χ1v) is 5.27. The summed E-state index contributed by atoms with van der Waals surface area (Å²) < 4.78 is 28.5. The molecule has 16 heavy (non-hydrogen) atoms. The normalized spacial score (nSPS) is 11.3. The van der Waals surface area contributed by atoms with E-state index in [4.69, 9.17) is 17.3 Å². The minimum absolute atomic E-state index is 0.204. The first-order valence-electron chi connectivity index (χ1n) is 4.89. The Bertz CT molecular complexity index is 549. The van der Waals surface area contributed by atoms with Crippen LogP contribution in [0.1, 0.15) is 5.69 Å². The number of aryl methyl sites for hydroxylation is 1. The Hall–Kier alpha value is -1.13. The van der Waals surface area contributed by atoms with Crippen molar-refractivity contribution in [1.29, 1.82) is 0 Å². The van der Waals surface area contributed by atoms with Crippen molar-refractivity contribution in [3.63, 3.8) is 0 Å². The highest BCUT2D eigenvalue weighted by Crippen LogP contribution is 2.30. The molecule has 0 fully saturated rings.